The Morgan fingerprint density at radius 3 is 2.14 bits per heavy atom. The van der Waals surface area contributed by atoms with Crippen molar-refractivity contribution in [3.63, 3.8) is 0 Å². The molecule has 4 aromatic rings. The van der Waals surface area contributed by atoms with E-state index in [-0.39, 0.29) is 0 Å². The van der Waals surface area contributed by atoms with Crippen LogP contribution in [0.4, 0.5) is 0 Å². The van der Waals surface area contributed by atoms with Crippen molar-refractivity contribution in [2.45, 2.75) is 6.92 Å². The minimum atomic E-state index is 0.991. The van der Waals surface area contributed by atoms with Gasteiger partial charge in [0.2, 0.25) is 0 Å². The van der Waals surface area contributed by atoms with E-state index in [9.17, 15) is 0 Å². The lowest BCUT2D eigenvalue weighted by Gasteiger charge is -1.89. The predicted molar refractivity (Wildman–Crippen MR) is 130 cm³/mol. The van der Waals surface area contributed by atoms with Crippen LogP contribution in [0, 0.1) is 23.7 Å². The van der Waals surface area contributed by atoms with E-state index >= 15 is 0 Å². The van der Waals surface area contributed by atoms with Crippen LogP contribution in [-0.4, -0.2) is 0 Å². The summed E-state index contributed by atoms with van der Waals surface area (Å²) in [5, 5.41) is 2.48. The predicted octanol–water partition coefficient (Wildman–Crippen LogP) is 7.56. The zero-order chi connectivity index (χ0) is 20.1. The van der Waals surface area contributed by atoms with E-state index in [1.165, 1.54) is 20.2 Å². The van der Waals surface area contributed by atoms with Gasteiger partial charge in [-0.25, -0.2) is 0 Å². The second kappa shape index (κ2) is 8.80. The fourth-order valence-corrected chi connectivity index (χ4v) is 4.76. The highest BCUT2D eigenvalue weighted by Gasteiger charge is 2.05. The zero-order valence-corrected chi connectivity index (χ0v) is 17.7. The van der Waals surface area contributed by atoms with Gasteiger partial charge in [0.1, 0.15) is 0 Å². The minimum Gasteiger partial charge on any atom is -0.127 e. The van der Waals surface area contributed by atoms with E-state index in [2.05, 4.69) is 54.5 Å². The van der Waals surface area contributed by atoms with E-state index in [1.54, 1.807) is 28.7 Å². The van der Waals surface area contributed by atoms with Crippen LogP contribution in [0.1, 0.15) is 22.2 Å². The Labute approximate surface area is 179 Å². The van der Waals surface area contributed by atoms with Crippen LogP contribution < -0.4 is 0 Å². The Hall–Kier alpha value is -3.30. The Morgan fingerprint density at radius 1 is 0.862 bits per heavy atom. The Bertz CT molecular complexity index is 1320. The van der Waals surface area contributed by atoms with Gasteiger partial charge in [0.25, 0.3) is 0 Å². The molecule has 0 fully saturated rings. The molecule has 0 saturated heterocycles. The maximum absolute atomic E-state index is 3.70. The van der Waals surface area contributed by atoms with Crippen LogP contribution in [0.25, 0.3) is 20.2 Å². The molecule has 0 aliphatic rings. The molecule has 0 unspecified atom stereocenters. The van der Waals surface area contributed by atoms with Crippen LogP contribution >= 0.6 is 22.7 Å². The first-order valence-electron chi connectivity index (χ1n) is 9.27. The fourth-order valence-electron chi connectivity index (χ4n) is 2.87. The summed E-state index contributed by atoms with van der Waals surface area (Å²) < 4.78 is 2.51. The van der Waals surface area contributed by atoms with Gasteiger partial charge in [0.15, 0.2) is 0 Å². The minimum absolute atomic E-state index is 0.991. The molecule has 0 N–H and O–H groups in total. The van der Waals surface area contributed by atoms with Crippen molar-refractivity contribution in [1.82, 2.24) is 0 Å². The first-order chi connectivity index (χ1) is 14.2. The van der Waals surface area contributed by atoms with Gasteiger partial charge in [-0.15, -0.1) is 22.7 Å². The number of rotatable bonds is 2. The van der Waals surface area contributed by atoms with Crippen molar-refractivity contribution in [2.75, 3.05) is 0 Å². The van der Waals surface area contributed by atoms with E-state index in [1.807, 2.05) is 55.5 Å². The lowest BCUT2D eigenvalue weighted by molar-refractivity contribution is 1.64. The maximum Gasteiger partial charge on any atom is 0.0784 e. The standard InChI is InChI=1S/C27H18S2/c1-3-5-9-20(4-2)12-14-24-16-22-18-27-23(19-26(22)28-24)17-25(29-27)15-13-21-10-7-6-8-11-21/h3-11,16-19H,1H2,2H3/b9-5-,20-4+. The smallest absolute Gasteiger partial charge is 0.0784 e. The van der Waals surface area contributed by atoms with Crippen molar-refractivity contribution in [3.05, 3.63) is 106 Å². The van der Waals surface area contributed by atoms with Crippen molar-refractivity contribution < 1.29 is 0 Å². The van der Waals surface area contributed by atoms with Crippen LogP contribution in [0.15, 0.2) is 91.1 Å². The molecule has 0 saturated carbocycles. The lowest BCUT2D eigenvalue weighted by Crippen LogP contribution is -1.70. The number of benzene rings is 2. The quantitative estimate of drug-likeness (QED) is 0.238. The molecule has 2 aromatic heterocycles. The second-order valence-corrected chi connectivity index (χ2v) is 8.52. The van der Waals surface area contributed by atoms with Gasteiger partial charge in [0, 0.05) is 20.5 Å². The molecule has 2 heterocycles. The highest BCUT2D eigenvalue weighted by molar-refractivity contribution is 7.21. The molecule has 0 bridgehead atoms. The first-order valence-corrected chi connectivity index (χ1v) is 10.9. The summed E-state index contributed by atoms with van der Waals surface area (Å²) >= 11 is 3.47. The molecule has 0 amide bonds. The number of fused-ring (bicyclic) bond motifs is 2. The first kappa shape index (κ1) is 19.0. The maximum atomic E-state index is 3.70. The highest BCUT2D eigenvalue weighted by Crippen LogP contribution is 2.33. The third kappa shape index (κ3) is 4.58. The van der Waals surface area contributed by atoms with Crippen LogP contribution in [0.5, 0.6) is 0 Å². The van der Waals surface area contributed by atoms with Gasteiger partial charge in [-0.2, -0.15) is 0 Å². The molecule has 0 spiro atoms. The SMILES string of the molecule is C=C/C=C\C(C#Cc1cc2cc3sc(C#Cc4ccccc4)cc3cc2s1)=C/C. The number of allylic oxidation sites excluding steroid dienone is 5. The zero-order valence-electron chi connectivity index (χ0n) is 16.0. The molecular weight excluding hydrogens is 388 g/mol. The number of hydrogen-bond donors (Lipinski definition) is 0. The molecule has 0 aliphatic carbocycles. The molecule has 4 rings (SSSR count). The summed E-state index contributed by atoms with van der Waals surface area (Å²) in [7, 11) is 0. The molecule has 2 heteroatoms. The monoisotopic (exact) mass is 406 g/mol. The van der Waals surface area contributed by atoms with Crippen molar-refractivity contribution >= 4 is 42.8 Å². The normalized spacial score (nSPS) is 11.3. The molecule has 0 radical (unpaired) electrons. The van der Waals surface area contributed by atoms with Crippen molar-refractivity contribution in [1.29, 1.82) is 0 Å². The van der Waals surface area contributed by atoms with Crippen LogP contribution in [0.3, 0.4) is 0 Å². The summed E-state index contributed by atoms with van der Waals surface area (Å²) in [6.45, 7) is 5.70. The van der Waals surface area contributed by atoms with E-state index in [0.717, 1.165) is 20.9 Å². The third-order valence-corrected chi connectivity index (χ3v) is 6.34. The van der Waals surface area contributed by atoms with Crippen LogP contribution in [-0.2, 0) is 0 Å². The number of thiophene rings is 2. The van der Waals surface area contributed by atoms with Gasteiger partial charge in [-0.3, -0.25) is 0 Å². The van der Waals surface area contributed by atoms with Gasteiger partial charge < -0.3 is 0 Å². The molecule has 29 heavy (non-hydrogen) atoms. The van der Waals surface area contributed by atoms with Gasteiger partial charge in [-0.05, 0) is 60.2 Å². The largest absolute Gasteiger partial charge is 0.127 e. The molecule has 2 aromatic carbocycles. The van der Waals surface area contributed by atoms with Gasteiger partial charge in [-0.1, -0.05) is 66.7 Å². The summed E-state index contributed by atoms with van der Waals surface area (Å²) in [5.74, 6) is 13.1. The Balaban J connectivity index is 1.64. The highest BCUT2D eigenvalue weighted by atomic mass is 32.1. The third-order valence-electron chi connectivity index (χ3n) is 4.31. The average Bonchev–Trinajstić information content (AvgIpc) is 3.33. The Morgan fingerprint density at radius 2 is 1.52 bits per heavy atom. The topological polar surface area (TPSA) is 0 Å². The summed E-state index contributed by atoms with van der Waals surface area (Å²) in [6.07, 6.45) is 7.65. The second-order valence-electron chi connectivity index (χ2n) is 6.35. The lowest BCUT2D eigenvalue weighted by atomic mass is 10.2. The van der Waals surface area contributed by atoms with Crippen LogP contribution in [0.2, 0.25) is 0 Å². The van der Waals surface area contributed by atoms with E-state index in [4.69, 9.17) is 0 Å². The van der Waals surface area contributed by atoms with Crippen molar-refractivity contribution in [3.8, 4) is 23.7 Å². The van der Waals surface area contributed by atoms with Crippen molar-refractivity contribution in [2.24, 2.45) is 0 Å². The fraction of sp³-hybridized carbons (Fsp3) is 0.0370. The van der Waals surface area contributed by atoms with E-state index < -0.39 is 0 Å². The summed E-state index contributed by atoms with van der Waals surface area (Å²) in [6, 6.07) is 18.9. The molecular formula is C27H18S2. The molecule has 0 nitrogen and oxygen atoms in total. The molecule has 0 atom stereocenters. The van der Waals surface area contributed by atoms with Gasteiger partial charge in [0.05, 0.1) is 9.75 Å². The van der Waals surface area contributed by atoms with E-state index in [0.29, 0.717) is 0 Å². The molecule has 0 aliphatic heterocycles. The summed E-state index contributed by atoms with van der Waals surface area (Å²) in [5.41, 5.74) is 2.03. The summed E-state index contributed by atoms with van der Waals surface area (Å²) in [4.78, 5) is 2.17. The molecule has 138 valence electrons. The Kier molecular flexibility index (Phi) is 5.78. The average molecular weight is 407 g/mol. The van der Waals surface area contributed by atoms with Gasteiger partial charge >= 0.3 is 0 Å². The number of hydrogen-bond acceptors (Lipinski definition) is 2.